The van der Waals surface area contributed by atoms with Crippen molar-refractivity contribution in [1.82, 2.24) is 5.32 Å². The average molecular weight is 186 g/mol. The summed E-state index contributed by atoms with van der Waals surface area (Å²) in [5, 5.41) is 12.6. The van der Waals surface area contributed by atoms with Crippen molar-refractivity contribution in [2.45, 2.75) is 39.3 Å². The van der Waals surface area contributed by atoms with Crippen LogP contribution in [0.4, 0.5) is 0 Å². The van der Waals surface area contributed by atoms with Crippen LogP contribution in [0.25, 0.3) is 0 Å². The molecule has 3 heteroatoms. The lowest BCUT2D eigenvalue weighted by molar-refractivity contribution is 0.169. The molecule has 0 aromatic heterocycles. The fourth-order valence-electron chi connectivity index (χ4n) is 1.25. The smallest absolute Gasteiger partial charge is 0.127 e. The van der Waals surface area contributed by atoms with E-state index in [1.165, 1.54) is 0 Å². The number of nitrogens with one attached hydrogen (secondary N) is 1. The molecule has 0 saturated carbocycles. The van der Waals surface area contributed by atoms with Crippen molar-refractivity contribution in [1.29, 1.82) is 0 Å². The number of hydrogen-bond donors (Lipinski definition) is 3. The highest BCUT2D eigenvalue weighted by atomic mass is 16.3. The third-order valence-corrected chi connectivity index (χ3v) is 1.84. The number of aliphatic hydroxyl groups excluding tert-OH is 1. The molecule has 0 amide bonds. The first kappa shape index (κ1) is 12.6. The number of nitrogens with two attached hydrogens (primary N) is 1. The summed E-state index contributed by atoms with van der Waals surface area (Å²) in [6.07, 6.45) is 4.55. The second-order valence-electron chi connectivity index (χ2n) is 3.08. The molecule has 0 aliphatic rings. The molecule has 1 atom stereocenters. The number of hydrogen-bond acceptors (Lipinski definition) is 3. The maximum Gasteiger partial charge on any atom is 0.127 e. The van der Waals surface area contributed by atoms with E-state index in [1.807, 2.05) is 0 Å². The Hall–Kier alpha value is -0.380. The lowest BCUT2D eigenvalue weighted by atomic mass is 10.1. The zero-order valence-electron chi connectivity index (χ0n) is 8.71. The minimum atomic E-state index is -0.511. The zero-order valence-corrected chi connectivity index (χ0v) is 8.71. The van der Waals surface area contributed by atoms with Gasteiger partial charge in [0.1, 0.15) is 6.23 Å². The molecule has 0 heterocycles. The van der Waals surface area contributed by atoms with Crippen LogP contribution in [0.15, 0.2) is 11.6 Å². The normalized spacial score (nSPS) is 14.6. The predicted octanol–water partition coefficient (Wildman–Crippen LogP) is 0.990. The van der Waals surface area contributed by atoms with Gasteiger partial charge in [-0.25, -0.2) is 0 Å². The highest BCUT2D eigenvalue weighted by Crippen LogP contribution is 2.09. The van der Waals surface area contributed by atoms with Crippen LogP contribution in [0.2, 0.25) is 0 Å². The summed E-state index contributed by atoms with van der Waals surface area (Å²) in [7, 11) is 0. The van der Waals surface area contributed by atoms with Gasteiger partial charge >= 0.3 is 0 Å². The molecule has 0 saturated heterocycles. The first-order valence-corrected chi connectivity index (χ1v) is 5.06. The average Bonchev–Trinajstić information content (AvgIpc) is 2.14. The molecule has 0 bridgehead atoms. The van der Waals surface area contributed by atoms with Gasteiger partial charge in [-0.2, -0.15) is 0 Å². The van der Waals surface area contributed by atoms with E-state index in [-0.39, 0.29) is 0 Å². The summed E-state index contributed by atoms with van der Waals surface area (Å²) in [5.41, 5.74) is 6.41. The second-order valence-corrected chi connectivity index (χ2v) is 3.08. The summed E-state index contributed by atoms with van der Waals surface area (Å²) in [5.74, 6) is 0. The third kappa shape index (κ3) is 5.80. The standard InChI is InChI=1S/C10H22N2O/c1-3-5-9(6-4-2)10(13)12-8-7-11/h5,10,12-13H,3-4,6-8,11H2,1-2H3. The van der Waals surface area contributed by atoms with Gasteiger partial charge < -0.3 is 10.8 Å². The lowest BCUT2D eigenvalue weighted by Gasteiger charge is -2.15. The monoisotopic (exact) mass is 186 g/mol. The van der Waals surface area contributed by atoms with Crippen LogP contribution in [0.1, 0.15) is 33.1 Å². The number of allylic oxidation sites excluding steroid dienone is 1. The molecular weight excluding hydrogens is 164 g/mol. The zero-order chi connectivity index (χ0) is 10.1. The molecule has 1 unspecified atom stereocenters. The summed E-state index contributed by atoms with van der Waals surface area (Å²) in [4.78, 5) is 0. The van der Waals surface area contributed by atoms with Crippen LogP contribution in [-0.4, -0.2) is 24.4 Å². The van der Waals surface area contributed by atoms with E-state index >= 15 is 0 Å². The van der Waals surface area contributed by atoms with Crippen LogP contribution in [0.3, 0.4) is 0 Å². The molecule has 4 N–H and O–H groups in total. The van der Waals surface area contributed by atoms with Gasteiger partial charge in [0.2, 0.25) is 0 Å². The minimum Gasteiger partial charge on any atom is -0.375 e. The summed E-state index contributed by atoms with van der Waals surface area (Å²) in [6, 6.07) is 0. The quantitative estimate of drug-likeness (QED) is 0.410. The van der Waals surface area contributed by atoms with E-state index in [0.717, 1.165) is 24.8 Å². The largest absolute Gasteiger partial charge is 0.375 e. The molecule has 0 aliphatic carbocycles. The second kappa shape index (κ2) is 8.23. The topological polar surface area (TPSA) is 58.3 Å². The van der Waals surface area contributed by atoms with Crippen molar-refractivity contribution in [3.05, 3.63) is 11.6 Å². The van der Waals surface area contributed by atoms with Crippen LogP contribution >= 0.6 is 0 Å². The molecule has 0 spiro atoms. The van der Waals surface area contributed by atoms with Gasteiger partial charge in [-0.1, -0.05) is 26.3 Å². The summed E-state index contributed by atoms with van der Waals surface area (Å²) < 4.78 is 0. The Labute approximate surface area is 81.0 Å². The first-order chi connectivity index (χ1) is 6.26. The predicted molar refractivity (Wildman–Crippen MR) is 56.3 cm³/mol. The molecule has 0 radical (unpaired) electrons. The van der Waals surface area contributed by atoms with Crippen molar-refractivity contribution >= 4 is 0 Å². The maximum absolute atomic E-state index is 9.67. The van der Waals surface area contributed by atoms with Crippen molar-refractivity contribution in [2.24, 2.45) is 5.73 Å². The Morgan fingerprint density at radius 3 is 2.69 bits per heavy atom. The van der Waals surface area contributed by atoms with Gasteiger partial charge in [-0.15, -0.1) is 0 Å². The van der Waals surface area contributed by atoms with Gasteiger partial charge in [0.25, 0.3) is 0 Å². The Morgan fingerprint density at radius 1 is 1.54 bits per heavy atom. The Bertz CT molecular complexity index is 146. The number of rotatable bonds is 7. The van der Waals surface area contributed by atoms with E-state index in [0.29, 0.717) is 13.1 Å². The molecule has 13 heavy (non-hydrogen) atoms. The van der Waals surface area contributed by atoms with E-state index in [9.17, 15) is 5.11 Å². The van der Waals surface area contributed by atoms with Crippen LogP contribution < -0.4 is 11.1 Å². The third-order valence-electron chi connectivity index (χ3n) is 1.84. The molecule has 0 aliphatic heterocycles. The van der Waals surface area contributed by atoms with Gasteiger partial charge in [0.15, 0.2) is 0 Å². The van der Waals surface area contributed by atoms with Crippen molar-refractivity contribution in [3.8, 4) is 0 Å². The van der Waals surface area contributed by atoms with Crippen LogP contribution in [-0.2, 0) is 0 Å². The fraction of sp³-hybridized carbons (Fsp3) is 0.800. The van der Waals surface area contributed by atoms with Crippen LogP contribution in [0.5, 0.6) is 0 Å². The minimum absolute atomic E-state index is 0.511. The maximum atomic E-state index is 9.67. The fourth-order valence-corrected chi connectivity index (χ4v) is 1.25. The van der Waals surface area contributed by atoms with Gasteiger partial charge in [0.05, 0.1) is 0 Å². The van der Waals surface area contributed by atoms with E-state index in [4.69, 9.17) is 5.73 Å². The molecular formula is C10H22N2O. The highest BCUT2D eigenvalue weighted by molar-refractivity contribution is 5.06. The SMILES string of the molecule is CCC=C(CCC)C(O)NCCN. The van der Waals surface area contributed by atoms with Gasteiger partial charge in [-0.05, 0) is 18.4 Å². The van der Waals surface area contributed by atoms with Gasteiger partial charge in [-0.3, -0.25) is 5.32 Å². The van der Waals surface area contributed by atoms with Crippen molar-refractivity contribution in [2.75, 3.05) is 13.1 Å². The van der Waals surface area contributed by atoms with E-state index in [1.54, 1.807) is 0 Å². The van der Waals surface area contributed by atoms with E-state index in [2.05, 4.69) is 25.2 Å². The molecule has 0 fully saturated rings. The number of aliphatic hydroxyl groups is 1. The van der Waals surface area contributed by atoms with Crippen molar-refractivity contribution < 1.29 is 5.11 Å². The molecule has 0 rings (SSSR count). The lowest BCUT2D eigenvalue weighted by Crippen LogP contribution is -2.34. The summed E-state index contributed by atoms with van der Waals surface area (Å²) in [6.45, 7) is 5.40. The molecule has 0 aromatic carbocycles. The van der Waals surface area contributed by atoms with Crippen molar-refractivity contribution in [3.63, 3.8) is 0 Å². The molecule has 3 nitrogen and oxygen atoms in total. The Balaban J connectivity index is 3.95. The molecule has 78 valence electrons. The highest BCUT2D eigenvalue weighted by Gasteiger charge is 2.07. The Morgan fingerprint density at radius 2 is 2.23 bits per heavy atom. The Kier molecular flexibility index (Phi) is 7.99. The summed E-state index contributed by atoms with van der Waals surface area (Å²) >= 11 is 0. The van der Waals surface area contributed by atoms with E-state index < -0.39 is 6.23 Å². The van der Waals surface area contributed by atoms with Gasteiger partial charge in [0, 0.05) is 13.1 Å². The molecule has 0 aromatic rings. The van der Waals surface area contributed by atoms with Crippen LogP contribution in [0, 0.1) is 0 Å². The first-order valence-electron chi connectivity index (χ1n) is 5.06.